The van der Waals surface area contributed by atoms with Crippen LogP contribution >= 0.6 is 0 Å². The summed E-state index contributed by atoms with van der Waals surface area (Å²) in [7, 11) is -3.55. The number of benzene rings is 1. The number of aromatic nitrogens is 1. The Morgan fingerprint density at radius 2 is 2.20 bits per heavy atom. The van der Waals surface area contributed by atoms with Crippen LogP contribution in [0.3, 0.4) is 0 Å². The lowest BCUT2D eigenvalue weighted by Gasteiger charge is -2.17. The van der Waals surface area contributed by atoms with Crippen molar-refractivity contribution in [3.05, 3.63) is 59.5 Å². The van der Waals surface area contributed by atoms with Gasteiger partial charge in [0, 0.05) is 18.8 Å². The van der Waals surface area contributed by atoms with Crippen LogP contribution in [0.15, 0.2) is 42.6 Å². The molecule has 1 atom stereocenters. The minimum atomic E-state index is -3.55. The molecule has 3 rings (SSSR count). The summed E-state index contributed by atoms with van der Waals surface area (Å²) < 4.78 is 45.3. The van der Waals surface area contributed by atoms with Crippen LogP contribution in [0.1, 0.15) is 17.5 Å². The fraction of sp³-hybridized carbons (Fsp3) is 0.294. The molecule has 0 radical (unpaired) electrons. The maximum atomic E-state index is 13.2. The molecule has 6 nitrogen and oxygen atoms in total. The fourth-order valence-electron chi connectivity index (χ4n) is 2.69. The van der Waals surface area contributed by atoms with E-state index in [2.05, 4.69) is 4.98 Å². The van der Waals surface area contributed by atoms with Crippen LogP contribution in [0.25, 0.3) is 0 Å². The second-order valence-electron chi connectivity index (χ2n) is 5.77. The lowest BCUT2D eigenvalue weighted by Crippen LogP contribution is -2.32. The molecule has 0 spiro atoms. The molecule has 25 heavy (non-hydrogen) atoms. The van der Waals surface area contributed by atoms with Crippen molar-refractivity contribution >= 4 is 10.0 Å². The zero-order chi connectivity index (χ0) is 17.9. The molecule has 0 bridgehead atoms. The molecular weight excluding hydrogens is 345 g/mol. The first-order chi connectivity index (χ1) is 12.0. The molecule has 1 aliphatic rings. The molecule has 2 aromatic rings. The third-order valence-corrected chi connectivity index (χ3v) is 5.71. The van der Waals surface area contributed by atoms with E-state index in [9.17, 15) is 12.8 Å². The summed E-state index contributed by atoms with van der Waals surface area (Å²) in [6.07, 6.45) is 1.67. The number of halogens is 1. The molecule has 0 amide bonds. The van der Waals surface area contributed by atoms with Crippen molar-refractivity contribution in [2.45, 2.75) is 18.3 Å². The number of ether oxygens (including phenoxy) is 1. The summed E-state index contributed by atoms with van der Waals surface area (Å²) in [5.41, 5.74) is 0.839. The second-order valence-corrected chi connectivity index (χ2v) is 7.74. The van der Waals surface area contributed by atoms with Gasteiger partial charge in [0.05, 0.1) is 23.9 Å². The quantitative estimate of drug-likeness (QED) is 0.814. The number of sulfonamides is 1. The highest BCUT2D eigenvalue weighted by molar-refractivity contribution is 7.88. The van der Waals surface area contributed by atoms with Crippen LogP contribution in [-0.2, 0) is 15.8 Å². The molecule has 0 N–H and O–H groups in total. The number of hydrogen-bond donors (Lipinski definition) is 0. The molecule has 1 aromatic heterocycles. The Morgan fingerprint density at radius 3 is 2.96 bits per heavy atom. The van der Waals surface area contributed by atoms with Crippen molar-refractivity contribution in [1.29, 1.82) is 5.26 Å². The van der Waals surface area contributed by atoms with E-state index in [-0.39, 0.29) is 18.4 Å². The molecule has 130 valence electrons. The van der Waals surface area contributed by atoms with Gasteiger partial charge in [0.15, 0.2) is 0 Å². The van der Waals surface area contributed by atoms with Crippen LogP contribution in [0, 0.1) is 17.1 Å². The zero-order valence-corrected chi connectivity index (χ0v) is 14.1. The van der Waals surface area contributed by atoms with Gasteiger partial charge in [-0.25, -0.2) is 17.8 Å². The highest BCUT2D eigenvalue weighted by atomic mass is 32.2. The maximum Gasteiger partial charge on any atom is 0.218 e. The van der Waals surface area contributed by atoms with Crippen molar-refractivity contribution in [2.75, 3.05) is 13.1 Å². The van der Waals surface area contributed by atoms with Crippen molar-refractivity contribution in [2.24, 2.45) is 0 Å². The number of rotatable bonds is 5. The molecule has 1 saturated heterocycles. The van der Waals surface area contributed by atoms with Crippen LogP contribution in [-0.4, -0.2) is 36.9 Å². The Morgan fingerprint density at radius 1 is 1.36 bits per heavy atom. The van der Waals surface area contributed by atoms with Gasteiger partial charge in [-0.05, 0) is 30.2 Å². The van der Waals surface area contributed by atoms with E-state index < -0.39 is 15.8 Å². The first-order valence-corrected chi connectivity index (χ1v) is 9.32. The minimum Gasteiger partial charge on any atom is -0.473 e. The molecule has 1 aliphatic heterocycles. The lowest BCUT2D eigenvalue weighted by molar-refractivity contribution is 0.207. The third-order valence-electron chi connectivity index (χ3n) is 3.89. The van der Waals surface area contributed by atoms with Gasteiger partial charge in [0.25, 0.3) is 0 Å². The Labute approximate surface area is 145 Å². The minimum absolute atomic E-state index is 0.204. The van der Waals surface area contributed by atoms with Crippen LogP contribution in [0.4, 0.5) is 4.39 Å². The molecule has 0 saturated carbocycles. The fourth-order valence-corrected chi connectivity index (χ4v) is 4.25. The Balaban J connectivity index is 1.64. The van der Waals surface area contributed by atoms with E-state index in [0.717, 1.165) is 0 Å². The van der Waals surface area contributed by atoms with E-state index in [1.165, 1.54) is 34.8 Å². The average molecular weight is 361 g/mol. The normalized spacial score (nSPS) is 18.0. The first kappa shape index (κ1) is 17.3. The van der Waals surface area contributed by atoms with Gasteiger partial charge in [-0.3, -0.25) is 0 Å². The number of pyridine rings is 1. The van der Waals surface area contributed by atoms with Crippen LogP contribution < -0.4 is 4.74 Å². The average Bonchev–Trinajstić information content (AvgIpc) is 3.04. The SMILES string of the molecule is N#Cc1ccnc(OC2CCN(S(=O)(=O)Cc3cccc(F)c3)C2)c1. The van der Waals surface area contributed by atoms with Gasteiger partial charge < -0.3 is 4.74 Å². The second kappa shape index (κ2) is 7.17. The number of nitriles is 1. The smallest absolute Gasteiger partial charge is 0.218 e. The van der Waals surface area contributed by atoms with Gasteiger partial charge >= 0.3 is 0 Å². The molecule has 8 heteroatoms. The lowest BCUT2D eigenvalue weighted by atomic mass is 10.2. The Hall–Kier alpha value is -2.50. The molecule has 1 aromatic carbocycles. The van der Waals surface area contributed by atoms with E-state index in [0.29, 0.717) is 30.0 Å². The molecule has 2 heterocycles. The zero-order valence-electron chi connectivity index (χ0n) is 13.3. The molecule has 0 aliphatic carbocycles. The van der Waals surface area contributed by atoms with Gasteiger partial charge in [-0.1, -0.05) is 12.1 Å². The molecule has 1 unspecified atom stereocenters. The van der Waals surface area contributed by atoms with E-state index >= 15 is 0 Å². The summed E-state index contributed by atoms with van der Waals surface area (Å²) in [4.78, 5) is 4.03. The van der Waals surface area contributed by atoms with Crippen molar-refractivity contribution in [1.82, 2.24) is 9.29 Å². The third kappa shape index (κ3) is 4.32. The van der Waals surface area contributed by atoms with E-state index in [1.54, 1.807) is 12.1 Å². The van der Waals surface area contributed by atoms with E-state index in [4.69, 9.17) is 10.00 Å². The van der Waals surface area contributed by atoms with Gasteiger partial charge in [-0.15, -0.1) is 0 Å². The summed E-state index contributed by atoms with van der Waals surface area (Å²) in [5, 5.41) is 8.88. The van der Waals surface area contributed by atoms with Gasteiger partial charge in [0.2, 0.25) is 15.9 Å². The standard InChI is InChI=1S/C17H16FN3O3S/c18-15-3-1-2-14(8-15)12-25(22,23)21-7-5-16(11-21)24-17-9-13(10-19)4-6-20-17/h1-4,6,8-9,16H,5,7,11-12H2. The predicted octanol–water partition coefficient (Wildman–Crippen LogP) is 2.08. The van der Waals surface area contributed by atoms with Crippen molar-refractivity contribution in [3.63, 3.8) is 0 Å². The summed E-state index contributed by atoms with van der Waals surface area (Å²) in [6.45, 7) is 0.538. The topological polar surface area (TPSA) is 83.3 Å². The van der Waals surface area contributed by atoms with Crippen molar-refractivity contribution < 1.29 is 17.5 Å². The van der Waals surface area contributed by atoms with Gasteiger partial charge in [-0.2, -0.15) is 9.57 Å². The molecule has 1 fully saturated rings. The molecular formula is C17H16FN3O3S. The monoisotopic (exact) mass is 361 g/mol. The summed E-state index contributed by atoms with van der Waals surface area (Å²) >= 11 is 0. The predicted molar refractivity (Wildman–Crippen MR) is 88.6 cm³/mol. The first-order valence-electron chi connectivity index (χ1n) is 7.71. The number of nitrogens with zero attached hydrogens (tertiary/aromatic N) is 3. The highest BCUT2D eigenvalue weighted by Gasteiger charge is 2.32. The summed E-state index contributed by atoms with van der Waals surface area (Å²) in [5.74, 6) is -0.410. The van der Waals surface area contributed by atoms with Crippen LogP contribution in [0.2, 0.25) is 0 Å². The largest absolute Gasteiger partial charge is 0.473 e. The van der Waals surface area contributed by atoms with Gasteiger partial charge in [0.1, 0.15) is 11.9 Å². The highest BCUT2D eigenvalue weighted by Crippen LogP contribution is 2.21. The van der Waals surface area contributed by atoms with Crippen molar-refractivity contribution in [3.8, 4) is 11.9 Å². The van der Waals surface area contributed by atoms with Crippen LogP contribution in [0.5, 0.6) is 5.88 Å². The Bertz CT molecular complexity index is 911. The van der Waals surface area contributed by atoms with E-state index in [1.807, 2.05) is 6.07 Å². The Kier molecular flexibility index (Phi) is 4.97. The number of hydrogen-bond acceptors (Lipinski definition) is 5. The maximum absolute atomic E-state index is 13.2. The summed E-state index contributed by atoms with van der Waals surface area (Å²) in [6, 6.07) is 10.7.